The first-order chi connectivity index (χ1) is 12.8. The van der Waals surface area contributed by atoms with Crippen molar-refractivity contribution < 1.29 is 22.7 Å². The molecule has 1 aliphatic heterocycles. The van der Waals surface area contributed by atoms with E-state index >= 15 is 0 Å². The van der Waals surface area contributed by atoms with Crippen LogP contribution in [-0.4, -0.2) is 42.9 Å². The Morgan fingerprint density at radius 3 is 2.52 bits per heavy atom. The maximum absolute atomic E-state index is 12.5. The Hall–Kier alpha value is -2.41. The van der Waals surface area contributed by atoms with Gasteiger partial charge in [0.05, 0.1) is 11.5 Å². The lowest BCUT2D eigenvalue weighted by Crippen LogP contribution is -2.18. The maximum Gasteiger partial charge on any atom is 0.306 e. The molecule has 0 radical (unpaired) electrons. The highest BCUT2D eigenvalue weighted by molar-refractivity contribution is 7.91. The van der Waals surface area contributed by atoms with Crippen LogP contribution in [0.1, 0.15) is 34.6 Å². The molecule has 7 heteroatoms. The van der Waals surface area contributed by atoms with Crippen molar-refractivity contribution in [2.24, 2.45) is 5.92 Å². The first-order valence-corrected chi connectivity index (χ1v) is 10.7. The molecule has 2 aromatic rings. The van der Waals surface area contributed by atoms with E-state index in [1.54, 1.807) is 6.07 Å². The Morgan fingerprint density at radius 1 is 1.19 bits per heavy atom. The molecule has 0 spiro atoms. The Labute approximate surface area is 159 Å². The minimum Gasteiger partial charge on any atom is -0.457 e. The highest BCUT2D eigenvalue weighted by Gasteiger charge is 2.30. The lowest BCUT2D eigenvalue weighted by molar-refractivity contribution is -0.143. The van der Waals surface area contributed by atoms with Crippen molar-refractivity contribution in [2.75, 3.05) is 18.1 Å². The predicted octanol–water partition coefficient (Wildman–Crippen LogP) is 2.64. The van der Waals surface area contributed by atoms with Crippen LogP contribution in [0.25, 0.3) is 5.69 Å². The van der Waals surface area contributed by atoms with Crippen LogP contribution in [-0.2, 0) is 19.4 Å². The van der Waals surface area contributed by atoms with Crippen molar-refractivity contribution in [1.29, 1.82) is 0 Å². The number of aryl methyl sites for hydroxylation is 1. The molecule has 6 nitrogen and oxygen atoms in total. The average Bonchev–Trinajstić information content (AvgIpc) is 3.11. The summed E-state index contributed by atoms with van der Waals surface area (Å²) in [6.45, 7) is 3.44. The number of carbonyl (C=O) groups excluding carboxylic acids is 2. The second kappa shape index (κ2) is 7.68. The molecule has 1 atom stereocenters. The van der Waals surface area contributed by atoms with E-state index in [2.05, 4.69) is 0 Å². The molecule has 1 aromatic heterocycles. The molecule has 2 heterocycles. The summed E-state index contributed by atoms with van der Waals surface area (Å²) in [5, 5.41) is 0. The Balaban J connectivity index is 1.63. The second-order valence-corrected chi connectivity index (χ2v) is 9.24. The first-order valence-electron chi connectivity index (χ1n) is 8.90. The van der Waals surface area contributed by atoms with Crippen molar-refractivity contribution in [3.05, 3.63) is 53.3 Å². The van der Waals surface area contributed by atoms with Crippen molar-refractivity contribution in [3.63, 3.8) is 0 Å². The van der Waals surface area contributed by atoms with E-state index in [-0.39, 0.29) is 36.2 Å². The number of rotatable bonds is 6. The number of ketones is 1. The number of carbonyl (C=O) groups is 2. The summed E-state index contributed by atoms with van der Waals surface area (Å²) in [7, 11) is -3.03. The molecule has 27 heavy (non-hydrogen) atoms. The number of para-hydroxylation sites is 1. The van der Waals surface area contributed by atoms with Crippen LogP contribution in [0.2, 0.25) is 0 Å². The largest absolute Gasteiger partial charge is 0.457 e. The summed E-state index contributed by atoms with van der Waals surface area (Å²) < 4.78 is 30.0. The third kappa shape index (κ3) is 4.47. The van der Waals surface area contributed by atoms with Crippen LogP contribution >= 0.6 is 0 Å². The van der Waals surface area contributed by atoms with E-state index in [4.69, 9.17) is 4.74 Å². The van der Waals surface area contributed by atoms with E-state index in [1.165, 1.54) is 0 Å². The van der Waals surface area contributed by atoms with Crippen LogP contribution in [0.4, 0.5) is 0 Å². The molecule has 1 fully saturated rings. The van der Waals surface area contributed by atoms with Gasteiger partial charge >= 0.3 is 5.97 Å². The van der Waals surface area contributed by atoms with Crippen LogP contribution in [0.3, 0.4) is 0 Å². The number of esters is 1. The van der Waals surface area contributed by atoms with Gasteiger partial charge in [-0.05, 0) is 44.4 Å². The van der Waals surface area contributed by atoms with Crippen LogP contribution in [0.15, 0.2) is 36.4 Å². The molecule has 1 unspecified atom stereocenters. The number of hydrogen-bond acceptors (Lipinski definition) is 5. The lowest BCUT2D eigenvalue weighted by atomic mass is 10.1. The fourth-order valence-corrected chi connectivity index (χ4v) is 5.43. The summed E-state index contributed by atoms with van der Waals surface area (Å²) in [4.78, 5) is 24.5. The molecule has 0 amide bonds. The number of aromatic nitrogens is 1. The van der Waals surface area contributed by atoms with Gasteiger partial charge < -0.3 is 9.30 Å². The van der Waals surface area contributed by atoms with Gasteiger partial charge in [0.2, 0.25) is 5.78 Å². The van der Waals surface area contributed by atoms with Crippen LogP contribution in [0.5, 0.6) is 0 Å². The molecular formula is C20H23NO5S. The molecular weight excluding hydrogens is 366 g/mol. The molecule has 1 aliphatic rings. The highest BCUT2D eigenvalue weighted by atomic mass is 32.2. The van der Waals surface area contributed by atoms with Gasteiger partial charge in [-0.15, -0.1) is 0 Å². The fraction of sp³-hybridized carbons (Fsp3) is 0.400. The minimum absolute atomic E-state index is 0.0221. The van der Waals surface area contributed by atoms with E-state index < -0.39 is 15.8 Å². The molecule has 0 aliphatic carbocycles. The van der Waals surface area contributed by atoms with Crippen molar-refractivity contribution in [3.8, 4) is 5.69 Å². The lowest BCUT2D eigenvalue weighted by Gasteiger charge is -2.10. The third-order valence-corrected chi connectivity index (χ3v) is 6.73. The third-order valence-electron chi connectivity index (χ3n) is 4.89. The SMILES string of the molecule is Cc1cc(C(=O)COC(=O)CC2CCS(=O)(=O)C2)c(C)n1-c1ccccc1. The van der Waals surface area contributed by atoms with Gasteiger partial charge in [0, 0.05) is 29.1 Å². The summed E-state index contributed by atoms with van der Waals surface area (Å²) >= 11 is 0. The van der Waals surface area contributed by atoms with Crippen molar-refractivity contribution in [1.82, 2.24) is 4.57 Å². The molecule has 1 aromatic carbocycles. The van der Waals surface area contributed by atoms with Gasteiger partial charge in [0.15, 0.2) is 16.4 Å². The zero-order valence-electron chi connectivity index (χ0n) is 15.5. The summed E-state index contributed by atoms with van der Waals surface area (Å²) in [5.41, 5.74) is 3.20. The van der Waals surface area contributed by atoms with Gasteiger partial charge in [-0.2, -0.15) is 0 Å². The van der Waals surface area contributed by atoms with E-state index in [1.807, 2.05) is 48.7 Å². The normalized spacial score (nSPS) is 18.4. The second-order valence-electron chi connectivity index (χ2n) is 7.01. The van der Waals surface area contributed by atoms with Gasteiger partial charge in [-0.3, -0.25) is 9.59 Å². The summed E-state index contributed by atoms with van der Waals surface area (Å²) in [6, 6.07) is 11.5. The monoisotopic (exact) mass is 389 g/mol. The highest BCUT2D eigenvalue weighted by Crippen LogP contribution is 2.23. The first kappa shape index (κ1) is 19.4. The van der Waals surface area contributed by atoms with Gasteiger partial charge in [0.1, 0.15) is 0 Å². The summed E-state index contributed by atoms with van der Waals surface area (Å²) in [6.07, 6.45) is 0.513. The number of nitrogens with zero attached hydrogens (tertiary/aromatic N) is 1. The number of ether oxygens (including phenoxy) is 1. The standard InChI is InChI=1S/C20H23NO5S/c1-14-10-18(15(2)21(14)17-6-4-3-5-7-17)19(22)12-26-20(23)11-16-8-9-27(24,25)13-16/h3-7,10,16H,8-9,11-13H2,1-2H3. The van der Waals surface area contributed by atoms with E-state index in [0.717, 1.165) is 17.1 Å². The topological polar surface area (TPSA) is 82.4 Å². The molecule has 144 valence electrons. The molecule has 0 N–H and O–H groups in total. The van der Waals surface area contributed by atoms with Gasteiger partial charge in [-0.25, -0.2) is 8.42 Å². The minimum atomic E-state index is -3.03. The molecule has 1 saturated heterocycles. The van der Waals surface area contributed by atoms with E-state index in [0.29, 0.717) is 12.0 Å². The number of sulfone groups is 1. The number of hydrogen-bond donors (Lipinski definition) is 0. The predicted molar refractivity (Wildman–Crippen MR) is 102 cm³/mol. The Kier molecular flexibility index (Phi) is 5.51. The Bertz CT molecular complexity index is 960. The smallest absolute Gasteiger partial charge is 0.306 e. The van der Waals surface area contributed by atoms with Crippen molar-refractivity contribution >= 4 is 21.6 Å². The average molecular weight is 389 g/mol. The molecule has 0 saturated carbocycles. The zero-order valence-corrected chi connectivity index (χ0v) is 16.3. The quantitative estimate of drug-likeness (QED) is 0.560. The van der Waals surface area contributed by atoms with Crippen molar-refractivity contribution in [2.45, 2.75) is 26.7 Å². The Morgan fingerprint density at radius 2 is 1.89 bits per heavy atom. The fourth-order valence-electron chi connectivity index (χ4n) is 3.57. The van der Waals surface area contributed by atoms with Crippen LogP contribution < -0.4 is 0 Å². The van der Waals surface area contributed by atoms with E-state index in [9.17, 15) is 18.0 Å². The zero-order chi connectivity index (χ0) is 19.6. The summed E-state index contributed by atoms with van der Waals surface area (Å²) in [5.74, 6) is -0.857. The molecule has 3 rings (SSSR count). The van der Waals surface area contributed by atoms with Gasteiger partial charge in [-0.1, -0.05) is 18.2 Å². The van der Waals surface area contributed by atoms with Gasteiger partial charge in [0.25, 0.3) is 0 Å². The van der Waals surface area contributed by atoms with Crippen LogP contribution in [0, 0.1) is 19.8 Å². The number of Topliss-reactive ketones (excluding diaryl/α,β-unsaturated/α-hetero) is 1. The molecule has 0 bridgehead atoms. The maximum atomic E-state index is 12.5. The number of benzene rings is 1.